The van der Waals surface area contributed by atoms with Crippen LogP contribution in [0.4, 0.5) is 0 Å². The van der Waals surface area contributed by atoms with Gasteiger partial charge >= 0.3 is 0 Å². The number of aryl methyl sites for hydroxylation is 2. The first-order chi connectivity index (χ1) is 20.6. The van der Waals surface area contributed by atoms with E-state index in [1.54, 1.807) is 42.5 Å². The van der Waals surface area contributed by atoms with Gasteiger partial charge in [0.15, 0.2) is 0 Å². The highest BCUT2D eigenvalue weighted by atomic mass is 32.1. The molecule has 2 atom stereocenters. The zero-order valence-corrected chi connectivity index (χ0v) is 25.9. The van der Waals surface area contributed by atoms with E-state index in [0.717, 1.165) is 10.7 Å². The van der Waals surface area contributed by atoms with E-state index in [-0.39, 0.29) is 55.3 Å². The molecule has 43 heavy (non-hydrogen) atoms. The summed E-state index contributed by atoms with van der Waals surface area (Å²) in [5.41, 5.74) is 1.19. The van der Waals surface area contributed by atoms with Crippen LogP contribution in [0, 0.1) is 6.92 Å². The van der Waals surface area contributed by atoms with E-state index < -0.39 is 17.9 Å². The van der Waals surface area contributed by atoms with E-state index in [0.29, 0.717) is 50.9 Å². The van der Waals surface area contributed by atoms with E-state index in [1.165, 1.54) is 11.9 Å². The summed E-state index contributed by atoms with van der Waals surface area (Å²) in [6, 6.07) is 5.34. The van der Waals surface area contributed by atoms with Gasteiger partial charge in [-0.05, 0) is 51.7 Å². The number of carbonyl (C=O) groups excluding carboxylic acids is 5. The molecule has 1 aliphatic rings. The monoisotopic (exact) mass is 614 g/mol. The van der Waals surface area contributed by atoms with E-state index in [1.807, 2.05) is 12.3 Å². The Balaban J connectivity index is 1.72. The highest BCUT2D eigenvalue weighted by molar-refractivity contribution is 7.09. The number of hydrogen-bond donors (Lipinski definition) is 4. The fraction of sp³-hybridized carbons (Fsp3) is 0.533. The highest BCUT2D eigenvalue weighted by Gasteiger charge is 2.25. The molecule has 0 aliphatic carbocycles. The fourth-order valence-corrected chi connectivity index (χ4v) is 5.25. The molecule has 0 saturated carbocycles. The molecule has 2 aromatic rings. The van der Waals surface area contributed by atoms with Crippen LogP contribution in [0.25, 0.3) is 0 Å². The van der Waals surface area contributed by atoms with Gasteiger partial charge in [-0.25, -0.2) is 4.98 Å². The molecule has 1 aromatic carbocycles. The lowest BCUT2D eigenvalue weighted by Gasteiger charge is -2.21. The Labute approximate surface area is 256 Å². The number of hydrogen-bond acceptors (Lipinski definition) is 8. The SMILES string of the molecule is Cc1csc(CCCNC(=O)[C@@H]2CCC(=O)N(C)CC(=O)NCCCCC(=O)N[C@@H](C)COc3ccccc3C(=O)N2)n1. The first-order valence-corrected chi connectivity index (χ1v) is 15.5. The number of rotatable bonds is 5. The number of thiazole rings is 1. The topological polar surface area (TPSA) is 159 Å². The molecule has 2 heterocycles. The number of amides is 5. The Morgan fingerprint density at radius 2 is 1.91 bits per heavy atom. The Morgan fingerprint density at radius 1 is 1.12 bits per heavy atom. The van der Waals surface area contributed by atoms with Crippen molar-refractivity contribution in [2.24, 2.45) is 0 Å². The number of para-hydroxylation sites is 1. The molecule has 0 fully saturated rings. The molecule has 0 bridgehead atoms. The number of aromatic nitrogens is 1. The van der Waals surface area contributed by atoms with Crippen molar-refractivity contribution in [1.82, 2.24) is 31.2 Å². The van der Waals surface area contributed by atoms with Gasteiger partial charge in [0.1, 0.15) is 18.4 Å². The molecular weight excluding hydrogens is 572 g/mol. The van der Waals surface area contributed by atoms with Gasteiger partial charge in [-0.3, -0.25) is 24.0 Å². The molecule has 12 nitrogen and oxygen atoms in total. The molecule has 3 rings (SSSR count). The quantitative estimate of drug-likeness (QED) is 0.373. The maximum Gasteiger partial charge on any atom is 0.255 e. The second-order valence-electron chi connectivity index (χ2n) is 10.7. The summed E-state index contributed by atoms with van der Waals surface area (Å²) >= 11 is 1.57. The number of benzene rings is 1. The van der Waals surface area contributed by atoms with Crippen LogP contribution in [0.15, 0.2) is 29.6 Å². The highest BCUT2D eigenvalue weighted by Crippen LogP contribution is 2.19. The Bertz CT molecular complexity index is 1270. The Hall–Kier alpha value is -4.00. The van der Waals surface area contributed by atoms with Crippen molar-refractivity contribution in [2.45, 2.75) is 70.9 Å². The molecule has 5 amide bonds. The van der Waals surface area contributed by atoms with Gasteiger partial charge in [-0.2, -0.15) is 0 Å². The summed E-state index contributed by atoms with van der Waals surface area (Å²) in [4.78, 5) is 69.8. The van der Waals surface area contributed by atoms with E-state index in [9.17, 15) is 24.0 Å². The Kier molecular flexibility index (Phi) is 13.4. The van der Waals surface area contributed by atoms with Crippen LogP contribution >= 0.6 is 11.3 Å². The molecule has 1 aromatic heterocycles. The average molecular weight is 615 g/mol. The minimum atomic E-state index is -0.999. The zero-order valence-electron chi connectivity index (χ0n) is 25.1. The second-order valence-corrected chi connectivity index (χ2v) is 11.6. The number of ether oxygens (including phenoxy) is 1. The van der Waals surface area contributed by atoms with E-state index in [2.05, 4.69) is 26.3 Å². The first-order valence-electron chi connectivity index (χ1n) is 14.6. The molecule has 1 aliphatic heterocycles. The van der Waals surface area contributed by atoms with Crippen LogP contribution in [0.5, 0.6) is 5.75 Å². The summed E-state index contributed by atoms with van der Waals surface area (Å²) in [6.45, 7) is 4.50. The normalized spacial score (nSPS) is 20.0. The molecular formula is C30H42N6O6S. The van der Waals surface area contributed by atoms with Gasteiger partial charge in [-0.15, -0.1) is 11.3 Å². The third-order valence-electron chi connectivity index (χ3n) is 6.79. The fourth-order valence-electron chi connectivity index (χ4n) is 4.44. The minimum Gasteiger partial charge on any atom is -0.491 e. The third kappa shape index (κ3) is 11.7. The number of carbonyl (C=O) groups is 5. The average Bonchev–Trinajstić information content (AvgIpc) is 3.40. The molecule has 0 unspecified atom stereocenters. The van der Waals surface area contributed by atoms with Crippen molar-refractivity contribution in [3.05, 3.63) is 45.9 Å². The van der Waals surface area contributed by atoms with Gasteiger partial charge in [-0.1, -0.05) is 12.1 Å². The third-order valence-corrected chi connectivity index (χ3v) is 7.82. The van der Waals surface area contributed by atoms with Gasteiger partial charge < -0.3 is 30.9 Å². The standard InChI is InChI=1S/C30H42N6O6S/c1-20-18-42-24-10-5-4-9-22(24)29(40)35-23(30(41)32-16-8-12-27-34-21(2)19-43-27)13-14-28(39)36(3)17-26(38)31-15-7-6-11-25(37)33-20/h4-5,9-10,19-20,23H,6-8,11-18H2,1-3H3,(H,31,38)(H,32,41)(H,33,37)(H,35,40)/t20-,23-/m0/s1. The van der Waals surface area contributed by atoms with Gasteiger partial charge in [0.25, 0.3) is 5.91 Å². The smallest absolute Gasteiger partial charge is 0.255 e. The molecule has 13 heteroatoms. The summed E-state index contributed by atoms with van der Waals surface area (Å²) in [7, 11) is 1.52. The van der Waals surface area contributed by atoms with Crippen molar-refractivity contribution >= 4 is 40.9 Å². The summed E-state index contributed by atoms with van der Waals surface area (Å²) < 4.78 is 5.89. The molecule has 0 radical (unpaired) electrons. The van der Waals surface area contributed by atoms with Crippen LogP contribution in [-0.2, 0) is 25.6 Å². The van der Waals surface area contributed by atoms with Crippen molar-refractivity contribution in [3.63, 3.8) is 0 Å². The van der Waals surface area contributed by atoms with Crippen LogP contribution in [0.1, 0.15) is 66.5 Å². The minimum absolute atomic E-state index is 0.0418. The summed E-state index contributed by atoms with van der Waals surface area (Å²) in [5, 5.41) is 14.2. The van der Waals surface area contributed by atoms with Crippen molar-refractivity contribution in [3.8, 4) is 5.75 Å². The molecule has 234 valence electrons. The maximum absolute atomic E-state index is 13.4. The predicted octanol–water partition coefficient (Wildman–Crippen LogP) is 1.72. The lowest BCUT2D eigenvalue weighted by Crippen LogP contribution is -2.48. The van der Waals surface area contributed by atoms with Crippen molar-refractivity contribution < 1.29 is 28.7 Å². The predicted molar refractivity (Wildman–Crippen MR) is 163 cm³/mol. The number of likely N-dealkylation sites (N-methyl/N-ethyl adjacent to an activating group) is 1. The lowest BCUT2D eigenvalue weighted by atomic mass is 10.1. The maximum atomic E-state index is 13.4. The van der Waals surface area contributed by atoms with Crippen LogP contribution in [0.3, 0.4) is 0 Å². The lowest BCUT2D eigenvalue weighted by molar-refractivity contribution is -0.135. The van der Waals surface area contributed by atoms with Crippen LogP contribution in [0.2, 0.25) is 0 Å². The summed E-state index contributed by atoms with van der Waals surface area (Å²) in [6.07, 6.45) is 2.87. The number of fused-ring (bicyclic) bond motifs is 1. The van der Waals surface area contributed by atoms with E-state index >= 15 is 0 Å². The van der Waals surface area contributed by atoms with Crippen LogP contribution in [-0.4, -0.2) is 84.8 Å². The largest absolute Gasteiger partial charge is 0.491 e. The zero-order chi connectivity index (χ0) is 31.2. The Morgan fingerprint density at radius 3 is 2.67 bits per heavy atom. The van der Waals surface area contributed by atoms with E-state index in [4.69, 9.17) is 4.74 Å². The van der Waals surface area contributed by atoms with Crippen molar-refractivity contribution in [2.75, 3.05) is 33.3 Å². The van der Waals surface area contributed by atoms with Crippen LogP contribution < -0.4 is 26.0 Å². The first kappa shape index (κ1) is 33.5. The van der Waals surface area contributed by atoms with Gasteiger partial charge in [0.2, 0.25) is 23.6 Å². The number of nitrogens with zero attached hydrogens (tertiary/aromatic N) is 2. The molecule has 0 spiro atoms. The summed E-state index contributed by atoms with van der Waals surface area (Å²) in [5.74, 6) is -1.42. The molecule has 0 saturated heterocycles. The second kappa shape index (κ2) is 17.2. The number of nitrogens with one attached hydrogen (secondary N) is 4. The van der Waals surface area contributed by atoms with Crippen molar-refractivity contribution in [1.29, 1.82) is 0 Å². The molecule has 4 N–H and O–H groups in total. The van der Waals surface area contributed by atoms with Gasteiger partial charge in [0.05, 0.1) is 23.2 Å². The van der Waals surface area contributed by atoms with Gasteiger partial charge in [0, 0.05) is 50.5 Å².